The van der Waals surface area contributed by atoms with Crippen LogP contribution in [0.15, 0.2) is 32.8 Å². The summed E-state index contributed by atoms with van der Waals surface area (Å²) in [5, 5.41) is 4.91. The van der Waals surface area contributed by atoms with Gasteiger partial charge < -0.3 is 13.8 Å². The van der Waals surface area contributed by atoms with Gasteiger partial charge in [-0.15, -0.1) is 0 Å². The van der Waals surface area contributed by atoms with E-state index in [0.717, 1.165) is 60.0 Å². The maximum Gasteiger partial charge on any atom is 0.243 e. The zero-order valence-electron chi connectivity index (χ0n) is 20.0. The number of hydrogen-bond acceptors (Lipinski definition) is 7. The fourth-order valence-electron chi connectivity index (χ4n) is 4.88. The van der Waals surface area contributed by atoms with Gasteiger partial charge in [-0.2, -0.15) is 4.31 Å². The first-order valence-electron chi connectivity index (χ1n) is 12.0. The molecule has 2 saturated heterocycles. The maximum absolute atomic E-state index is 13.4. The molecule has 10 heteroatoms. The van der Waals surface area contributed by atoms with Crippen LogP contribution < -0.4 is 0 Å². The Bertz CT molecular complexity index is 1260. The Labute approximate surface area is 205 Å². The van der Waals surface area contributed by atoms with E-state index in [-0.39, 0.29) is 6.10 Å². The summed E-state index contributed by atoms with van der Waals surface area (Å²) in [7, 11) is -3.54. The Kier molecular flexibility index (Phi) is 6.76. The molecule has 184 valence electrons. The summed E-state index contributed by atoms with van der Waals surface area (Å²) < 4.78 is 41.7. The molecule has 0 bridgehead atoms. The zero-order chi connectivity index (χ0) is 23.9. The molecule has 2 atom stereocenters. The van der Waals surface area contributed by atoms with Gasteiger partial charge in [0.1, 0.15) is 5.76 Å². The van der Waals surface area contributed by atoms with E-state index in [1.54, 1.807) is 28.2 Å². The molecule has 0 radical (unpaired) electrons. The van der Waals surface area contributed by atoms with Crippen LogP contribution in [0, 0.1) is 19.8 Å². The highest BCUT2D eigenvalue weighted by Crippen LogP contribution is 2.32. The topological polar surface area (TPSA) is 90.5 Å². The second kappa shape index (κ2) is 9.64. The largest absolute Gasteiger partial charge is 0.376 e. The van der Waals surface area contributed by atoms with Crippen molar-refractivity contribution in [3.63, 3.8) is 0 Å². The number of imidazole rings is 1. The van der Waals surface area contributed by atoms with E-state index in [0.29, 0.717) is 41.7 Å². The first-order valence-corrected chi connectivity index (χ1v) is 14.4. The Morgan fingerprint density at radius 3 is 2.76 bits per heavy atom. The number of nitrogens with zero attached hydrogens (tertiary/aromatic N) is 4. The second-order valence-corrected chi connectivity index (χ2v) is 12.4. The van der Waals surface area contributed by atoms with Gasteiger partial charge in [0, 0.05) is 31.0 Å². The van der Waals surface area contributed by atoms with Gasteiger partial charge in [0.15, 0.2) is 5.16 Å². The molecule has 8 nitrogen and oxygen atoms in total. The molecule has 1 aromatic carbocycles. The molecule has 0 unspecified atom stereocenters. The second-order valence-electron chi connectivity index (χ2n) is 9.49. The number of benzene rings is 1. The Balaban J connectivity index is 1.48. The lowest BCUT2D eigenvalue weighted by atomic mass is 10.0. The van der Waals surface area contributed by atoms with Crippen LogP contribution in [-0.2, 0) is 27.1 Å². The van der Waals surface area contributed by atoms with Crippen molar-refractivity contribution in [3.8, 4) is 0 Å². The molecule has 0 amide bonds. The third kappa shape index (κ3) is 4.65. The van der Waals surface area contributed by atoms with Gasteiger partial charge in [0.25, 0.3) is 0 Å². The highest BCUT2D eigenvalue weighted by molar-refractivity contribution is 7.98. The van der Waals surface area contributed by atoms with Crippen molar-refractivity contribution >= 4 is 32.8 Å². The standard InChI is InChI=1S/C24H32N4O4S2/c1-16-6-4-10-27(13-16)34(29,30)20-8-9-23-22(12-20)25-24(28(23)14-19-7-5-11-31-19)33-15-21-17(2)26-32-18(21)3/h8-9,12,16,19H,4-7,10-11,13-15H2,1-3H3/t16-,19-/m1/s1. The number of aryl methyl sites for hydroxylation is 2. The molecule has 4 heterocycles. The van der Waals surface area contributed by atoms with Gasteiger partial charge in [0.05, 0.1) is 34.3 Å². The maximum atomic E-state index is 13.4. The molecule has 2 aliphatic rings. The molecule has 34 heavy (non-hydrogen) atoms. The van der Waals surface area contributed by atoms with Crippen molar-refractivity contribution in [1.82, 2.24) is 19.0 Å². The van der Waals surface area contributed by atoms with Gasteiger partial charge in [0.2, 0.25) is 10.0 Å². The summed E-state index contributed by atoms with van der Waals surface area (Å²) in [6.45, 7) is 8.62. The van der Waals surface area contributed by atoms with E-state index in [2.05, 4.69) is 16.6 Å². The quantitative estimate of drug-likeness (QED) is 0.437. The van der Waals surface area contributed by atoms with Crippen LogP contribution in [0.4, 0.5) is 0 Å². The number of hydrogen-bond donors (Lipinski definition) is 0. The number of thioether (sulfide) groups is 1. The summed E-state index contributed by atoms with van der Waals surface area (Å²) in [5.41, 5.74) is 3.59. The molecule has 0 saturated carbocycles. The normalized spacial score (nSPS) is 22.1. The van der Waals surface area contributed by atoms with E-state index >= 15 is 0 Å². The Morgan fingerprint density at radius 1 is 1.21 bits per heavy atom. The van der Waals surface area contributed by atoms with Gasteiger partial charge >= 0.3 is 0 Å². The molecule has 5 rings (SSSR count). The van der Waals surface area contributed by atoms with E-state index in [1.165, 1.54) is 0 Å². The van der Waals surface area contributed by atoms with Crippen molar-refractivity contribution < 1.29 is 17.7 Å². The first-order chi connectivity index (χ1) is 16.3. The van der Waals surface area contributed by atoms with Crippen molar-refractivity contribution in [2.45, 2.75) is 74.9 Å². The molecule has 3 aromatic rings. The lowest BCUT2D eigenvalue weighted by molar-refractivity contribution is 0.0960. The number of rotatable bonds is 7. The molecule has 2 aliphatic heterocycles. The van der Waals surface area contributed by atoms with E-state index in [4.69, 9.17) is 14.2 Å². The van der Waals surface area contributed by atoms with Crippen LogP contribution in [0.5, 0.6) is 0 Å². The van der Waals surface area contributed by atoms with Crippen LogP contribution in [0.2, 0.25) is 0 Å². The SMILES string of the molecule is Cc1noc(C)c1CSc1nc2cc(S(=O)(=O)N3CCC[C@@H](C)C3)ccc2n1C[C@H]1CCCO1. The smallest absolute Gasteiger partial charge is 0.243 e. The third-order valence-electron chi connectivity index (χ3n) is 6.88. The lowest BCUT2D eigenvalue weighted by Crippen LogP contribution is -2.39. The van der Waals surface area contributed by atoms with Crippen molar-refractivity contribution in [2.75, 3.05) is 19.7 Å². The number of aromatic nitrogens is 3. The fraction of sp³-hybridized carbons (Fsp3) is 0.583. The molecular formula is C24H32N4O4S2. The lowest BCUT2D eigenvalue weighted by Gasteiger charge is -2.30. The fourth-order valence-corrected chi connectivity index (χ4v) is 7.68. The van der Waals surface area contributed by atoms with Crippen molar-refractivity contribution in [2.24, 2.45) is 5.92 Å². The molecular weight excluding hydrogens is 472 g/mol. The van der Waals surface area contributed by atoms with Crippen LogP contribution >= 0.6 is 11.8 Å². The van der Waals surface area contributed by atoms with Gasteiger partial charge in [-0.25, -0.2) is 13.4 Å². The summed E-state index contributed by atoms with van der Waals surface area (Å²) in [4.78, 5) is 5.20. The monoisotopic (exact) mass is 504 g/mol. The molecule has 2 fully saturated rings. The highest BCUT2D eigenvalue weighted by atomic mass is 32.2. The van der Waals surface area contributed by atoms with Crippen LogP contribution in [0.1, 0.15) is 49.6 Å². The first kappa shape index (κ1) is 23.8. The highest BCUT2D eigenvalue weighted by Gasteiger charge is 2.29. The minimum atomic E-state index is -3.54. The zero-order valence-corrected chi connectivity index (χ0v) is 21.6. The third-order valence-corrected chi connectivity index (χ3v) is 9.74. The minimum Gasteiger partial charge on any atom is -0.376 e. The van der Waals surface area contributed by atoms with Crippen molar-refractivity contribution in [3.05, 3.63) is 35.2 Å². The average Bonchev–Trinajstić information content (AvgIpc) is 3.53. The van der Waals surface area contributed by atoms with Gasteiger partial charge in [-0.3, -0.25) is 0 Å². The summed E-state index contributed by atoms with van der Waals surface area (Å²) in [5.74, 6) is 1.88. The predicted octanol–water partition coefficient (Wildman–Crippen LogP) is 4.53. The Morgan fingerprint density at radius 2 is 2.06 bits per heavy atom. The number of sulfonamides is 1. The summed E-state index contributed by atoms with van der Waals surface area (Å²) >= 11 is 1.62. The molecule has 0 N–H and O–H groups in total. The van der Waals surface area contributed by atoms with E-state index < -0.39 is 10.0 Å². The minimum absolute atomic E-state index is 0.147. The van der Waals surface area contributed by atoms with Crippen molar-refractivity contribution in [1.29, 1.82) is 0 Å². The van der Waals surface area contributed by atoms with Crippen LogP contribution in [0.25, 0.3) is 11.0 Å². The van der Waals surface area contributed by atoms with Crippen LogP contribution in [-0.4, -0.2) is 53.2 Å². The summed E-state index contributed by atoms with van der Waals surface area (Å²) in [6.07, 6.45) is 4.21. The van der Waals surface area contributed by atoms with Gasteiger partial charge in [-0.05, 0) is 63.6 Å². The number of piperidine rings is 1. The Hall–Kier alpha value is -1.88. The van der Waals surface area contributed by atoms with E-state index in [1.807, 2.05) is 19.9 Å². The number of fused-ring (bicyclic) bond motifs is 1. The molecule has 0 spiro atoms. The van der Waals surface area contributed by atoms with E-state index in [9.17, 15) is 8.42 Å². The average molecular weight is 505 g/mol. The predicted molar refractivity (Wildman–Crippen MR) is 131 cm³/mol. The number of ether oxygens (including phenoxy) is 1. The van der Waals surface area contributed by atoms with Crippen LogP contribution in [0.3, 0.4) is 0 Å². The molecule has 0 aliphatic carbocycles. The summed E-state index contributed by atoms with van der Waals surface area (Å²) in [6, 6.07) is 5.36. The van der Waals surface area contributed by atoms with Gasteiger partial charge in [-0.1, -0.05) is 23.8 Å². The molecule has 2 aromatic heterocycles.